The number of alkyl halides is 1. The molecule has 0 aromatic rings. The number of hydrogen-bond donors (Lipinski definition) is 0. The second-order valence-electron chi connectivity index (χ2n) is 3.52. The maximum atomic E-state index is 11.4. The number of halogens is 1. The maximum absolute atomic E-state index is 11.4. The minimum Gasteiger partial charge on any atom is -0.343 e. The molecule has 5 nitrogen and oxygen atoms in total. The van der Waals surface area contributed by atoms with Crippen LogP contribution in [0.1, 0.15) is 6.42 Å². The highest BCUT2D eigenvalue weighted by Crippen LogP contribution is 2.12. The van der Waals surface area contributed by atoms with Gasteiger partial charge in [0.05, 0.1) is 5.75 Å². The summed E-state index contributed by atoms with van der Waals surface area (Å²) in [6.45, 7) is 1.32. The van der Waals surface area contributed by atoms with E-state index in [9.17, 15) is 13.2 Å². The van der Waals surface area contributed by atoms with Gasteiger partial charge >= 0.3 is 0 Å². The second-order valence-corrected chi connectivity index (χ2v) is 5.87. The minimum absolute atomic E-state index is 0.0662. The Hall–Kier alpha value is -0.330. The summed E-state index contributed by atoms with van der Waals surface area (Å²) in [5.74, 6) is -0.0306. The van der Waals surface area contributed by atoms with E-state index in [-0.39, 0.29) is 17.5 Å². The minimum atomic E-state index is -3.05. The Morgan fingerprint density at radius 2 is 2.20 bits per heavy atom. The Kier molecular flexibility index (Phi) is 4.36. The summed E-state index contributed by atoms with van der Waals surface area (Å²) >= 11 is 5.38. The predicted octanol–water partition coefficient (Wildman–Crippen LogP) is -0.281. The van der Waals surface area contributed by atoms with Gasteiger partial charge in [-0.1, -0.05) is 0 Å². The van der Waals surface area contributed by atoms with Gasteiger partial charge in [0.1, 0.15) is 5.88 Å². The fourth-order valence-electron chi connectivity index (χ4n) is 1.43. The molecule has 1 amide bonds. The fourth-order valence-corrected chi connectivity index (χ4v) is 3.15. The molecular weight excluding hydrogens is 240 g/mol. The highest BCUT2D eigenvalue weighted by molar-refractivity contribution is 7.89. The van der Waals surface area contributed by atoms with E-state index >= 15 is 0 Å². The Bertz CT molecular complexity index is 331. The van der Waals surface area contributed by atoms with E-state index in [2.05, 4.69) is 0 Å². The van der Waals surface area contributed by atoms with E-state index in [0.717, 1.165) is 0 Å². The number of amides is 1. The van der Waals surface area contributed by atoms with E-state index in [4.69, 9.17) is 11.6 Å². The van der Waals surface area contributed by atoms with Crippen LogP contribution in [-0.4, -0.2) is 61.8 Å². The number of nitrogens with zero attached hydrogens (tertiary/aromatic N) is 2. The largest absolute Gasteiger partial charge is 0.343 e. The molecule has 15 heavy (non-hydrogen) atoms. The molecular formula is C8H15ClN2O3S. The van der Waals surface area contributed by atoms with Crippen molar-refractivity contribution in [2.45, 2.75) is 6.42 Å². The van der Waals surface area contributed by atoms with Gasteiger partial charge in [0, 0.05) is 26.7 Å². The van der Waals surface area contributed by atoms with Crippen molar-refractivity contribution in [3.05, 3.63) is 0 Å². The monoisotopic (exact) mass is 254 g/mol. The second kappa shape index (κ2) is 5.14. The van der Waals surface area contributed by atoms with Gasteiger partial charge < -0.3 is 4.90 Å². The van der Waals surface area contributed by atoms with Crippen LogP contribution in [0.3, 0.4) is 0 Å². The van der Waals surface area contributed by atoms with Crippen LogP contribution in [-0.2, 0) is 14.8 Å². The van der Waals surface area contributed by atoms with Crippen molar-refractivity contribution in [2.24, 2.45) is 0 Å². The Morgan fingerprint density at radius 3 is 2.67 bits per heavy atom. The maximum Gasteiger partial charge on any atom is 0.237 e. The topological polar surface area (TPSA) is 57.7 Å². The van der Waals surface area contributed by atoms with Gasteiger partial charge in [-0.05, 0) is 6.42 Å². The molecule has 1 saturated heterocycles. The third-order valence-corrected chi connectivity index (χ3v) is 4.61. The van der Waals surface area contributed by atoms with Crippen LogP contribution in [0.2, 0.25) is 0 Å². The molecule has 0 atom stereocenters. The third kappa shape index (κ3) is 3.32. The van der Waals surface area contributed by atoms with Crippen LogP contribution < -0.4 is 0 Å². The summed E-state index contributed by atoms with van der Waals surface area (Å²) in [4.78, 5) is 12.5. The van der Waals surface area contributed by atoms with Crippen LogP contribution in [0.4, 0.5) is 0 Å². The molecule has 1 heterocycles. The summed E-state index contributed by atoms with van der Waals surface area (Å²) in [6.07, 6.45) is 0.676. The van der Waals surface area contributed by atoms with Crippen LogP contribution in [0, 0.1) is 0 Å². The van der Waals surface area contributed by atoms with Gasteiger partial charge in [-0.3, -0.25) is 4.79 Å². The number of carbonyl (C=O) groups excluding carboxylic acids is 1. The molecule has 0 aromatic heterocycles. The van der Waals surface area contributed by atoms with Crippen LogP contribution >= 0.6 is 11.6 Å². The molecule has 0 bridgehead atoms. The lowest BCUT2D eigenvalue weighted by molar-refractivity contribution is -0.127. The van der Waals surface area contributed by atoms with Crippen molar-refractivity contribution < 1.29 is 13.2 Å². The molecule has 1 aliphatic heterocycles. The van der Waals surface area contributed by atoms with Gasteiger partial charge in [0.25, 0.3) is 0 Å². The molecule has 0 unspecified atom stereocenters. The zero-order valence-electron chi connectivity index (χ0n) is 8.65. The summed E-state index contributed by atoms with van der Waals surface area (Å²) in [7, 11) is -1.43. The number of hydrogen-bond acceptors (Lipinski definition) is 3. The molecule has 88 valence electrons. The van der Waals surface area contributed by atoms with Gasteiger partial charge in [0.2, 0.25) is 15.9 Å². The van der Waals surface area contributed by atoms with Crippen LogP contribution in [0.5, 0.6) is 0 Å². The quantitative estimate of drug-likeness (QED) is 0.649. The molecule has 1 aliphatic rings. The molecule has 0 saturated carbocycles. The van der Waals surface area contributed by atoms with Crippen molar-refractivity contribution >= 4 is 27.5 Å². The Morgan fingerprint density at radius 1 is 1.53 bits per heavy atom. The number of rotatable bonds is 4. The van der Waals surface area contributed by atoms with E-state index in [0.29, 0.717) is 26.1 Å². The van der Waals surface area contributed by atoms with Crippen molar-refractivity contribution in [1.29, 1.82) is 0 Å². The third-order valence-electron chi connectivity index (χ3n) is 2.43. The summed E-state index contributed by atoms with van der Waals surface area (Å²) in [5.41, 5.74) is 0. The van der Waals surface area contributed by atoms with Crippen molar-refractivity contribution in [2.75, 3.05) is 38.3 Å². The Balaban J connectivity index is 2.41. The molecule has 1 rings (SSSR count). The lowest BCUT2D eigenvalue weighted by atomic mass is 10.4. The molecule has 7 heteroatoms. The van der Waals surface area contributed by atoms with E-state index < -0.39 is 10.0 Å². The standard InChI is InChI=1S/C8H15ClN2O3S/c1-10(8(12)7-9)4-5-11-3-2-6-15(11,13)14/h2-7H2,1H3. The average molecular weight is 255 g/mol. The first-order valence-electron chi connectivity index (χ1n) is 4.75. The number of carbonyl (C=O) groups is 1. The predicted molar refractivity (Wildman–Crippen MR) is 58.3 cm³/mol. The number of sulfonamides is 1. The SMILES string of the molecule is CN(CCN1CCCS1(=O)=O)C(=O)CCl. The van der Waals surface area contributed by atoms with E-state index in [1.807, 2.05) is 0 Å². The summed E-state index contributed by atoms with van der Waals surface area (Å²) in [6, 6.07) is 0. The summed E-state index contributed by atoms with van der Waals surface area (Å²) < 4.78 is 24.2. The number of likely N-dealkylation sites (N-methyl/N-ethyl adjacent to an activating group) is 1. The van der Waals surface area contributed by atoms with Crippen molar-refractivity contribution in [1.82, 2.24) is 9.21 Å². The highest BCUT2D eigenvalue weighted by atomic mass is 35.5. The molecule has 0 aromatic carbocycles. The van der Waals surface area contributed by atoms with Gasteiger partial charge in [-0.25, -0.2) is 12.7 Å². The fraction of sp³-hybridized carbons (Fsp3) is 0.875. The van der Waals surface area contributed by atoms with Crippen molar-refractivity contribution in [3.8, 4) is 0 Å². The lowest BCUT2D eigenvalue weighted by Gasteiger charge is -2.20. The van der Waals surface area contributed by atoms with E-state index in [1.54, 1.807) is 7.05 Å². The molecule has 0 aliphatic carbocycles. The Labute approximate surface area is 95.0 Å². The van der Waals surface area contributed by atoms with E-state index in [1.165, 1.54) is 9.21 Å². The van der Waals surface area contributed by atoms with Crippen LogP contribution in [0.15, 0.2) is 0 Å². The van der Waals surface area contributed by atoms with Crippen LogP contribution in [0.25, 0.3) is 0 Å². The molecule has 0 radical (unpaired) electrons. The average Bonchev–Trinajstić information content (AvgIpc) is 2.53. The van der Waals surface area contributed by atoms with Gasteiger partial charge in [0.15, 0.2) is 0 Å². The van der Waals surface area contributed by atoms with Gasteiger partial charge in [-0.15, -0.1) is 11.6 Å². The first-order chi connectivity index (χ1) is 6.97. The summed E-state index contributed by atoms with van der Waals surface area (Å²) in [5, 5.41) is 0. The first kappa shape index (κ1) is 12.7. The molecule has 1 fully saturated rings. The molecule has 0 spiro atoms. The zero-order valence-corrected chi connectivity index (χ0v) is 10.2. The first-order valence-corrected chi connectivity index (χ1v) is 6.89. The normalized spacial score (nSPS) is 20.4. The van der Waals surface area contributed by atoms with Crippen molar-refractivity contribution in [3.63, 3.8) is 0 Å². The lowest BCUT2D eigenvalue weighted by Crippen LogP contribution is -2.37. The highest BCUT2D eigenvalue weighted by Gasteiger charge is 2.28. The smallest absolute Gasteiger partial charge is 0.237 e. The zero-order chi connectivity index (χ0) is 11.5. The molecule has 0 N–H and O–H groups in total. The van der Waals surface area contributed by atoms with Gasteiger partial charge in [-0.2, -0.15) is 0 Å².